The summed E-state index contributed by atoms with van der Waals surface area (Å²) in [5.41, 5.74) is 0.878. The highest BCUT2D eigenvalue weighted by molar-refractivity contribution is 14.0. The average molecular weight is 545 g/mol. The average Bonchev–Trinajstić information content (AvgIpc) is 3.21. The van der Waals surface area contributed by atoms with Crippen LogP contribution in [0.4, 0.5) is 13.2 Å². The first-order valence-corrected chi connectivity index (χ1v) is 9.92. The highest BCUT2D eigenvalue weighted by atomic mass is 127. The molecule has 1 aliphatic rings. The summed E-state index contributed by atoms with van der Waals surface area (Å²) in [6, 6.07) is 6.45. The van der Waals surface area contributed by atoms with Crippen molar-refractivity contribution in [1.29, 1.82) is 0 Å². The molecule has 1 aromatic rings. The molecular formula is C20H31F3IN3O3. The zero-order chi connectivity index (χ0) is 21.0. The first kappa shape index (κ1) is 26.8. The van der Waals surface area contributed by atoms with Crippen LogP contribution in [-0.4, -0.2) is 58.3 Å². The van der Waals surface area contributed by atoms with E-state index in [9.17, 15) is 13.2 Å². The molecule has 1 atom stereocenters. The molecule has 1 saturated heterocycles. The fraction of sp³-hybridized carbons (Fsp3) is 0.650. The van der Waals surface area contributed by atoms with Gasteiger partial charge in [0.15, 0.2) is 12.6 Å². The highest BCUT2D eigenvalue weighted by Gasteiger charge is 2.28. The van der Waals surface area contributed by atoms with Crippen LogP contribution in [0.5, 0.6) is 5.75 Å². The van der Waals surface area contributed by atoms with Crippen LogP contribution in [0.25, 0.3) is 0 Å². The summed E-state index contributed by atoms with van der Waals surface area (Å²) in [7, 11) is 0. The molecule has 0 saturated carbocycles. The fourth-order valence-corrected chi connectivity index (χ4v) is 2.71. The van der Waals surface area contributed by atoms with Gasteiger partial charge in [0.25, 0.3) is 0 Å². The summed E-state index contributed by atoms with van der Waals surface area (Å²) in [4.78, 5) is 4.50. The Morgan fingerprint density at radius 1 is 1.23 bits per heavy atom. The molecule has 2 rings (SSSR count). The van der Waals surface area contributed by atoms with Crippen molar-refractivity contribution in [3.63, 3.8) is 0 Å². The minimum Gasteiger partial charge on any atom is -0.484 e. The van der Waals surface area contributed by atoms with Gasteiger partial charge in [0.2, 0.25) is 0 Å². The second-order valence-electron chi connectivity index (χ2n) is 6.83. The molecule has 1 unspecified atom stereocenters. The molecule has 0 spiro atoms. The third-order valence-corrected chi connectivity index (χ3v) is 4.23. The van der Waals surface area contributed by atoms with Gasteiger partial charge in [-0.05, 0) is 37.5 Å². The molecule has 0 aromatic heterocycles. The SMILES string of the molecule is CCNC(=NCc1ccc(OCC(F)(F)F)cc1)NCCCOCC1CCOC1.I. The number of nitrogens with zero attached hydrogens (tertiary/aromatic N) is 1. The first-order chi connectivity index (χ1) is 14.0. The van der Waals surface area contributed by atoms with Crippen LogP contribution in [-0.2, 0) is 16.0 Å². The van der Waals surface area contributed by atoms with Crippen molar-refractivity contribution in [3.05, 3.63) is 29.8 Å². The quantitative estimate of drug-likeness (QED) is 0.192. The molecule has 2 N–H and O–H groups in total. The number of halogens is 4. The molecule has 1 heterocycles. The minimum atomic E-state index is -4.34. The number of hydrogen-bond donors (Lipinski definition) is 2. The van der Waals surface area contributed by atoms with E-state index in [1.165, 1.54) is 12.1 Å². The van der Waals surface area contributed by atoms with Gasteiger partial charge in [-0.25, -0.2) is 4.99 Å². The minimum absolute atomic E-state index is 0. The summed E-state index contributed by atoms with van der Waals surface area (Å²) in [6.07, 6.45) is -2.40. The molecule has 0 aliphatic carbocycles. The van der Waals surface area contributed by atoms with Crippen molar-refractivity contribution in [1.82, 2.24) is 10.6 Å². The molecule has 6 nitrogen and oxygen atoms in total. The lowest BCUT2D eigenvalue weighted by molar-refractivity contribution is -0.153. The van der Waals surface area contributed by atoms with Gasteiger partial charge in [-0.15, -0.1) is 24.0 Å². The number of alkyl halides is 3. The van der Waals surface area contributed by atoms with E-state index in [0.717, 1.165) is 51.3 Å². The number of ether oxygens (including phenoxy) is 3. The summed E-state index contributed by atoms with van der Waals surface area (Å²) >= 11 is 0. The first-order valence-electron chi connectivity index (χ1n) is 9.92. The maximum Gasteiger partial charge on any atom is 0.422 e. The lowest BCUT2D eigenvalue weighted by Crippen LogP contribution is -2.38. The number of hydrogen-bond acceptors (Lipinski definition) is 4. The third kappa shape index (κ3) is 11.8. The van der Waals surface area contributed by atoms with Crippen molar-refractivity contribution < 1.29 is 27.4 Å². The molecule has 30 heavy (non-hydrogen) atoms. The van der Waals surface area contributed by atoms with Crippen LogP contribution < -0.4 is 15.4 Å². The van der Waals surface area contributed by atoms with Gasteiger partial charge in [-0.1, -0.05) is 12.1 Å². The van der Waals surface area contributed by atoms with Gasteiger partial charge in [0, 0.05) is 32.2 Å². The topological polar surface area (TPSA) is 64.1 Å². The van der Waals surface area contributed by atoms with Crippen molar-refractivity contribution in [2.24, 2.45) is 10.9 Å². The Morgan fingerprint density at radius 2 is 2.00 bits per heavy atom. The largest absolute Gasteiger partial charge is 0.484 e. The normalized spacial score (nSPS) is 16.8. The van der Waals surface area contributed by atoms with Crippen LogP contribution >= 0.6 is 24.0 Å². The Morgan fingerprint density at radius 3 is 2.63 bits per heavy atom. The number of nitrogens with one attached hydrogen (secondary N) is 2. The standard InChI is InChI=1S/C20H30F3N3O3.HI/c1-2-24-19(25-9-3-10-27-13-17-8-11-28-14-17)26-12-16-4-6-18(7-5-16)29-15-20(21,22)23;/h4-7,17H,2-3,8-15H2,1H3,(H2,24,25,26);1H. The van der Waals surface area contributed by atoms with Crippen molar-refractivity contribution in [3.8, 4) is 5.75 Å². The molecule has 172 valence electrons. The van der Waals surface area contributed by atoms with Crippen LogP contribution in [0.1, 0.15) is 25.3 Å². The Kier molecular flexibility index (Phi) is 13.1. The van der Waals surface area contributed by atoms with Crippen molar-refractivity contribution in [2.45, 2.75) is 32.5 Å². The zero-order valence-electron chi connectivity index (χ0n) is 17.2. The maximum absolute atomic E-state index is 12.2. The van der Waals surface area contributed by atoms with Crippen molar-refractivity contribution in [2.75, 3.05) is 46.1 Å². The van der Waals surface area contributed by atoms with Crippen LogP contribution in [0.15, 0.2) is 29.3 Å². The number of aliphatic imine (C=N–C) groups is 1. The predicted octanol–water partition coefficient (Wildman–Crippen LogP) is 3.74. The molecule has 10 heteroatoms. The van der Waals surface area contributed by atoms with Gasteiger partial charge in [-0.3, -0.25) is 0 Å². The summed E-state index contributed by atoms with van der Waals surface area (Å²) in [6.45, 7) is 5.62. The van der Waals surface area contributed by atoms with Crippen LogP contribution in [0, 0.1) is 5.92 Å². The van der Waals surface area contributed by atoms with Crippen LogP contribution in [0.2, 0.25) is 0 Å². The Bertz CT molecular complexity index is 610. The van der Waals surface area contributed by atoms with E-state index < -0.39 is 12.8 Å². The maximum atomic E-state index is 12.2. The number of benzene rings is 1. The Labute approximate surface area is 193 Å². The lowest BCUT2D eigenvalue weighted by Gasteiger charge is -2.12. The van der Waals surface area contributed by atoms with E-state index in [1.807, 2.05) is 6.92 Å². The van der Waals surface area contributed by atoms with E-state index in [-0.39, 0.29) is 29.7 Å². The lowest BCUT2D eigenvalue weighted by atomic mass is 10.1. The summed E-state index contributed by atoms with van der Waals surface area (Å²) < 4.78 is 52.2. The van der Waals surface area contributed by atoms with E-state index >= 15 is 0 Å². The second kappa shape index (κ2) is 14.7. The van der Waals surface area contributed by atoms with Gasteiger partial charge in [-0.2, -0.15) is 13.2 Å². The molecule has 1 aromatic carbocycles. The summed E-state index contributed by atoms with van der Waals surface area (Å²) in [5.74, 6) is 1.39. The number of guanidine groups is 1. The van der Waals surface area contributed by atoms with E-state index in [0.29, 0.717) is 25.0 Å². The zero-order valence-corrected chi connectivity index (χ0v) is 19.5. The van der Waals surface area contributed by atoms with Gasteiger partial charge < -0.3 is 24.8 Å². The van der Waals surface area contributed by atoms with E-state index in [4.69, 9.17) is 14.2 Å². The number of rotatable bonds is 11. The second-order valence-corrected chi connectivity index (χ2v) is 6.83. The smallest absolute Gasteiger partial charge is 0.422 e. The molecule has 1 aliphatic heterocycles. The highest BCUT2D eigenvalue weighted by Crippen LogP contribution is 2.19. The predicted molar refractivity (Wildman–Crippen MR) is 121 cm³/mol. The van der Waals surface area contributed by atoms with Gasteiger partial charge in [0.1, 0.15) is 5.75 Å². The monoisotopic (exact) mass is 545 g/mol. The molecule has 1 fully saturated rings. The van der Waals surface area contributed by atoms with Crippen molar-refractivity contribution >= 4 is 29.9 Å². The molecule has 0 amide bonds. The van der Waals surface area contributed by atoms with E-state index in [2.05, 4.69) is 15.6 Å². The van der Waals surface area contributed by atoms with E-state index in [1.54, 1.807) is 12.1 Å². The fourth-order valence-electron chi connectivity index (χ4n) is 2.71. The van der Waals surface area contributed by atoms with Crippen LogP contribution in [0.3, 0.4) is 0 Å². The summed E-state index contributed by atoms with van der Waals surface area (Å²) in [5, 5.41) is 6.42. The Hall–Kier alpha value is -1.27. The molecular weight excluding hydrogens is 514 g/mol. The molecule has 0 bridgehead atoms. The third-order valence-electron chi connectivity index (χ3n) is 4.23. The Balaban J connectivity index is 0.00000450. The van der Waals surface area contributed by atoms with Gasteiger partial charge >= 0.3 is 6.18 Å². The molecule has 0 radical (unpaired) electrons. The van der Waals surface area contributed by atoms with Gasteiger partial charge in [0.05, 0.1) is 19.8 Å².